The molecule has 0 radical (unpaired) electrons. The number of benzene rings is 1. The van der Waals surface area contributed by atoms with Crippen molar-refractivity contribution in [3.63, 3.8) is 0 Å². The third-order valence-electron chi connectivity index (χ3n) is 2.94. The Morgan fingerprint density at radius 1 is 1.19 bits per heavy atom. The lowest BCUT2D eigenvalue weighted by Crippen LogP contribution is -2.28. The van der Waals surface area contributed by atoms with Gasteiger partial charge in [-0.3, -0.25) is 9.69 Å². The topological polar surface area (TPSA) is 59.2 Å². The third kappa shape index (κ3) is 2.96. The highest BCUT2D eigenvalue weighted by Gasteiger charge is 2.34. The number of aromatic nitrogens is 1. The maximum Gasteiger partial charge on any atom is 0.418 e. The molecule has 0 aliphatic heterocycles. The summed E-state index contributed by atoms with van der Waals surface area (Å²) in [6.45, 7) is 0. The predicted molar refractivity (Wildman–Crippen MR) is 72.8 cm³/mol. The number of carbonyl (C=O) groups excluding carboxylic acids is 1. The van der Waals surface area contributed by atoms with Crippen LogP contribution in [0.5, 0.6) is 0 Å². The van der Waals surface area contributed by atoms with Gasteiger partial charge in [-0.05, 0) is 24.3 Å². The zero-order valence-corrected chi connectivity index (χ0v) is 11.1. The van der Waals surface area contributed by atoms with Crippen molar-refractivity contribution in [3.05, 3.63) is 53.7 Å². The van der Waals surface area contributed by atoms with Crippen molar-refractivity contribution < 1.29 is 18.0 Å². The molecule has 1 amide bonds. The number of nitrogens with two attached hydrogens (primary N) is 1. The smallest absolute Gasteiger partial charge is 0.398 e. The molecule has 0 spiro atoms. The second-order valence-electron chi connectivity index (χ2n) is 4.32. The third-order valence-corrected chi connectivity index (χ3v) is 2.94. The van der Waals surface area contributed by atoms with Gasteiger partial charge in [0.05, 0.1) is 16.8 Å². The molecule has 1 aromatic heterocycles. The number of hydrogen-bond donors (Lipinski definition) is 1. The first-order valence-corrected chi connectivity index (χ1v) is 5.97. The Balaban J connectivity index is 2.41. The van der Waals surface area contributed by atoms with Crippen molar-refractivity contribution in [2.45, 2.75) is 6.18 Å². The number of para-hydroxylation sites is 1. The minimum atomic E-state index is -4.61. The summed E-state index contributed by atoms with van der Waals surface area (Å²) in [6.07, 6.45) is -3.13. The lowest BCUT2D eigenvalue weighted by Gasteiger charge is -2.19. The first-order chi connectivity index (χ1) is 9.82. The highest BCUT2D eigenvalue weighted by Crippen LogP contribution is 2.35. The van der Waals surface area contributed by atoms with Crippen molar-refractivity contribution in [1.82, 2.24) is 4.98 Å². The molecule has 2 N–H and O–H groups in total. The summed E-state index contributed by atoms with van der Waals surface area (Å²) in [6, 6.07) is 8.15. The van der Waals surface area contributed by atoms with E-state index in [9.17, 15) is 18.0 Å². The van der Waals surface area contributed by atoms with Crippen LogP contribution in [0.1, 0.15) is 15.9 Å². The van der Waals surface area contributed by atoms with E-state index in [1.165, 1.54) is 19.3 Å². The molecule has 1 aromatic carbocycles. The van der Waals surface area contributed by atoms with E-state index >= 15 is 0 Å². The molecule has 0 atom stereocenters. The molecule has 2 aromatic rings. The molecule has 4 nitrogen and oxygen atoms in total. The first kappa shape index (κ1) is 14.8. The van der Waals surface area contributed by atoms with Crippen LogP contribution in [0, 0.1) is 0 Å². The number of carbonyl (C=O) groups is 1. The zero-order chi connectivity index (χ0) is 15.6. The van der Waals surface area contributed by atoms with Crippen LogP contribution in [0.3, 0.4) is 0 Å². The molecule has 0 fully saturated rings. The highest BCUT2D eigenvalue weighted by atomic mass is 19.4. The molecule has 0 saturated carbocycles. The van der Waals surface area contributed by atoms with Crippen LogP contribution in [0.15, 0.2) is 42.6 Å². The standard InChI is InChI=1S/C14H12F3N3O/c1-20(11-7-2-3-8-19-11)13(21)9-5-4-6-10(12(9)18)14(15,16)17/h2-8H,18H2,1H3. The minimum absolute atomic E-state index is 0.210. The number of nitrogens with zero attached hydrogens (tertiary/aromatic N) is 2. The van der Waals surface area contributed by atoms with E-state index in [0.717, 1.165) is 17.0 Å². The summed E-state index contributed by atoms with van der Waals surface area (Å²) >= 11 is 0. The lowest BCUT2D eigenvalue weighted by atomic mass is 10.1. The van der Waals surface area contributed by atoms with E-state index in [1.807, 2.05) is 0 Å². The molecule has 0 aliphatic rings. The maximum atomic E-state index is 12.8. The second kappa shape index (κ2) is 5.43. The fourth-order valence-electron chi connectivity index (χ4n) is 1.84. The maximum absolute atomic E-state index is 12.8. The van der Waals surface area contributed by atoms with Gasteiger partial charge in [0.1, 0.15) is 5.82 Å². The lowest BCUT2D eigenvalue weighted by molar-refractivity contribution is -0.136. The summed E-state index contributed by atoms with van der Waals surface area (Å²) in [5.74, 6) is -0.336. The largest absolute Gasteiger partial charge is 0.418 e. The number of amides is 1. The quantitative estimate of drug-likeness (QED) is 0.867. The van der Waals surface area contributed by atoms with E-state index in [2.05, 4.69) is 4.98 Å². The SMILES string of the molecule is CN(C(=O)c1cccc(C(F)(F)F)c1N)c1ccccn1. The Morgan fingerprint density at radius 2 is 1.90 bits per heavy atom. The van der Waals surface area contributed by atoms with Crippen molar-refractivity contribution >= 4 is 17.4 Å². The predicted octanol–water partition coefficient (Wildman–Crippen LogP) is 2.96. The van der Waals surface area contributed by atoms with Crippen molar-refractivity contribution in [2.24, 2.45) is 0 Å². The van der Waals surface area contributed by atoms with Crippen LogP contribution in [0.2, 0.25) is 0 Å². The summed E-state index contributed by atoms with van der Waals surface area (Å²) in [5.41, 5.74) is 3.68. The Kier molecular flexibility index (Phi) is 3.84. The summed E-state index contributed by atoms with van der Waals surface area (Å²) in [7, 11) is 1.42. The van der Waals surface area contributed by atoms with E-state index in [0.29, 0.717) is 5.82 Å². The molecule has 0 unspecified atom stereocenters. The number of anilines is 2. The van der Waals surface area contributed by atoms with Crippen LogP contribution in [-0.2, 0) is 6.18 Å². The van der Waals surface area contributed by atoms with Crippen LogP contribution >= 0.6 is 0 Å². The van der Waals surface area contributed by atoms with Gasteiger partial charge in [-0.25, -0.2) is 4.98 Å². The van der Waals surface area contributed by atoms with Crippen LogP contribution in [-0.4, -0.2) is 17.9 Å². The number of hydrogen-bond acceptors (Lipinski definition) is 3. The number of pyridine rings is 1. The molecule has 21 heavy (non-hydrogen) atoms. The Labute approximate surface area is 119 Å². The van der Waals surface area contributed by atoms with Gasteiger partial charge in [-0.1, -0.05) is 12.1 Å². The number of nitrogen functional groups attached to an aromatic ring is 1. The van der Waals surface area contributed by atoms with E-state index < -0.39 is 23.3 Å². The Morgan fingerprint density at radius 3 is 2.48 bits per heavy atom. The van der Waals surface area contributed by atoms with Gasteiger partial charge >= 0.3 is 6.18 Å². The van der Waals surface area contributed by atoms with Crippen LogP contribution in [0.25, 0.3) is 0 Å². The van der Waals surface area contributed by atoms with Gasteiger partial charge < -0.3 is 5.73 Å². The molecule has 2 rings (SSSR count). The first-order valence-electron chi connectivity index (χ1n) is 5.97. The molecular weight excluding hydrogens is 283 g/mol. The van der Waals surface area contributed by atoms with Crippen molar-refractivity contribution in [2.75, 3.05) is 17.7 Å². The van der Waals surface area contributed by atoms with E-state index in [1.54, 1.807) is 18.2 Å². The van der Waals surface area contributed by atoms with Gasteiger partial charge in [0.2, 0.25) is 0 Å². The van der Waals surface area contributed by atoms with Gasteiger partial charge in [-0.15, -0.1) is 0 Å². The Hall–Kier alpha value is -2.57. The monoisotopic (exact) mass is 295 g/mol. The number of rotatable bonds is 2. The van der Waals surface area contributed by atoms with Gasteiger partial charge in [0.15, 0.2) is 0 Å². The number of alkyl halides is 3. The molecule has 110 valence electrons. The number of halogens is 3. The molecule has 0 saturated heterocycles. The minimum Gasteiger partial charge on any atom is -0.398 e. The molecular formula is C14H12F3N3O. The molecule has 0 aliphatic carbocycles. The van der Waals surface area contributed by atoms with E-state index in [-0.39, 0.29) is 5.56 Å². The average Bonchev–Trinajstić information content (AvgIpc) is 2.45. The molecule has 1 heterocycles. The van der Waals surface area contributed by atoms with Crippen LogP contribution < -0.4 is 10.6 Å². The van der Waals surface area contributed by atoms with Gasteiger partial charge in [0.25, 0.3) is 5.91 Å². The zero-order valence-electron chi connectivity index (χ0n) is 11.1. The second-order valence-corrected chi connectivity index (χ2v) is 4.32. The molecule has 0 bridgehead atoms. The summed E-state index contributed by atoms with van der Waals surface area (Å²) in [5, 5.41) is 0. The van der Waals surface area contributed by atoms with Gasteiger partial charge in [0, 0.05) is 13.2 Å². The van der Waals surface area contributed by atoms with Gasteiger partial charge in [-0.2, -0.15) is 13.2 Å². The van der Waals surface area contributed by atoms with Crippen molar-refractivity contribution in [3.8, 4) is 0 Å². The molecule has 7 heteroatoms. The fraction of sp³-hybridized carbons (Fsp3) is 0.143. The normalized spacial score (nSPS) is 11.2. The summed E-state index contributed by atoms with van der Waals surface area (Å²) < 4.78 is 38.4. The summed E-state index contributed by atoms with van der Waals surface area (Å²) in [4.78, 5) is 17.4. The fourth-order valence-corrected chi connectivity index (χ4v) is 1.84. The average molecular weight is 295 g/mol. The van der Waals surface area contributed by atoms with Crippen LogP contribution in [0.4, 0.5) is 24.7 Å². The van der Waals surface area contributed by atoms with E-state index in [4.69, 9.17) is 5.73 Å². The Bertz CT molecular complexity index is 656. The highest BCUT2D eigenvalue weighted by molar-refractivity contribution is 6.09. The van der Waals surface area contributed by atoms with Crippen molar-refractivity contribution in [1.29, 1.82) is 0 Å².